The van der Waals surface area contributed by atoms with Gasteiger partial charge in [0.05, 0.1) is 18.8 Å². The highest BCUT2D eigenvalue weighted by Gasteiger charge is 2.28. The average molecular weight is 289 g/mol. The van der Waals surface area contributed by atoms with Crippen molar-refractivity contribution in [2.24, 2.45) is 0 Å². The third-order valence-electron chi connectivity index (χ3n) is 3.37. The van der Waals surface area contributed by atoms with E-state index in [9.17, 15) is 4.79 Å². The van der Waals surface area contributed by atoms with Gasteiger partial charge in [-0.1, -0.05) is 34.8 Å². The van der Waals surface area contributed by atoms with Crippen LogP contribution in [0.15, 0.2) is 30.3 Å². The predicted octanol–water partition coefficient (Wildman–Crippen LogP) is 2.06. The van der Waals surface area contributed by atoms with Gasteiger partial charge in [-0.3, -0.25) is 4.79 Å². The quantitative estimate of drug-likeness (QED) is 0.849. The predicted molar refractivity (Wildman–Crippen MR) is 75.7 cm³/mol. The number of aryl methyl sites for hydroxylation is 1. The number of amides is 1. The van der Waals surface area contributed by atoms with E-state index in [4.69, 9.17) is 4.74 Å². The first kappa shape index (κ1) is 13.2. The largest absolute Gasteiger partial charge is 0.370 e. The smallest absolute Gasteiger partial charge is 0.267 e. The van der Waals surface area contributed by atoms with Gasteiger partial charge in [-0.15, -0.1) is 5.10 Å². The minimum Gasteiger partial charge on any atom is -0.370 e. The fourth-order valence-electron chi connectivity index (χ4n) is 2.27. The van der Waals surface area contributed by atoms with E-state index in [0.29, 0.717) is 30.3 Å². The molecule has 1 aromatic carbocycles. The zero-order chi connectivity index (χ0) is 13.9. The molecule has 2 aromatic rings. The van der Waals surface area contributed by atoms with E-state index in [2.05, 4.69) is 9.59 Å². The topological polar surface area (TPSA) is 55.3 Å². The van der Waals surface area contributed by atoms with Crippen molar-refractivity contribution in [3.8, 4) is 0 Å². The van der Waals surface area contributed by atoms with Crippen LogP contribution in [0.2, 0.25) is 0 Å². The standard InChI is InChI=1S/C14H15N3O2S/c1-10-13(20-16-15-10)14(18)17-7-8-19-12(9-17)11-5-3-2-4-6-11/h2-6,12H,7-9H2,1H3. The number of hydrogen-bond donors (Lipinski definition) is 0. The van der Waals surface area contributed by atoms with Crippen LogP contribution < -0.4 is 0 Å². The normalized spacial score (nSPS) is 19.1. The van der Waals surface area contributed by atoms with Crippen LogP contribution in [0.25, 0.3) is 0 Å². The van der Waals surface area contributed by atoms with Gasteiger partial charge in [-0.25, -0.2) is 0 Å². The second-order valence-corrected chi connectivity index (χ2v) is 5.46. The van der Waals surface area contributed by atoms with Crippen LogP contribution in [0.1, 0.15) is 27.0 Å². The minimum atomic E-state index is -0.0601. The summed E-state index contributed by atoms with van der Waals surface area (Å²) in [7, 11) is 0. The highest BCUT2D eigenvalue weighted by molar-refractivity contribution is 7.07. The van der Waals surface area contributed by atoms with Crippen LogP contribution in [0.5, 0.6) is 0 Å². The molecular formula is C14H15N3O2S. The summed E-state index contributed by atoms with van der Waals surface area (Å²) in [4.78, 5) is 14.9. The van der Waals surface area contributed by atoms with E-state index in [-0.39, 0.29) is 12.0 Å². The molecule has 1 aromatic heterocycles. The molecule has 2 heterocycles. The highest BCUT2D eigenvalue weighted by Crippen LogP contribution is 2.24. The first-order chi connectivity index (χ1) is 9.75. The maximum absolute atomic E-state index is 12.5. The fourth-order valence-corrected chi connectivity index (χ4v) is 2.90. The number of ether oxygens (including phenoxy) is 1. The second kappa shape index (κ2) is 5.68. The Bertz CT molecular complexity index is 599. The lowest BCUT2D eigenvalue weighted by Gasteiger charge is -2.32. The molecule has 1 atom stereocenters. The van der Waals surface area contributed by atoms with Gasteiger partial charge < -0.3 is 9.64 Å². The molecule has 0 saturated carbocycles. The van der Waals surface area contributed by atoms with E-state index < -0.39 is 0 Å². The van der Waals surface area contributed by atoms with Crippen molar-refractivity contribution in [3.05, 3.63) is 46.5 Å². The van der Waals surface area contributed by atoms with E-state index in [0.717, 1.165) is 17.1 Å². The molecule has 0 N–H and O–H groups in total. The van der Waals surface area contributed by atoms with Crippen molar-refractivity contribution in [1.29, 1.82) is 0 Å². The number of nitrogens with zero attached hydrogens (tertiary/aromatic N) is 3. The molecule has 0 bridgehead atoms. The Labute approximate surface area is 121 Å². The average Bonchev–Trinajstić information content (AvgIpc) is 2.94. The van der Waals surface area contributed by atoms with Crippen LogP contribution in [0.4, 0.5) is 0 Å². The molecule has 0 aliphatic carbocycles. The van der Waals surface area contributed by atoms with E-state index in [1.165, 1.54) is 0 Å². The Morgan fingerprint density at radius 2 is 2.20 bits per heavy atom. The van der Waals surface area contributed by atoms with E-state index in [1.807, 2.05) is 42.2 Å². The van der Waals surface area contributed by atoms with Gasteiger partial charge >= 0.3 is 0 Å². The molecular weight excluding hydrogens is 274 g/mol. The van der Waals surface area contributed by atoms with E-state index in [1.54, 1.807) is 0 Å². The molecule has 1 aliphatic rings. The SMILES string of the molecule is Cc1nnsc1C(=O)N1CCOC(c2ccccc2)C1. The van der Waals surface area contributed by atoms with Crippen molar-refractivity contribution in [1.82, 2.24) is 14.5 Å². The Morgan fingerprint density at radius 3 is 2.90 bits per heavy atom. The van der Waals surface area contributed by atoms with Gasteiger partial charge in [0, 0.05) is 6.54 Å². The summed E-state index contributed by atoms with van der Waals surface area (Å²) < 4.78 is 9.60. The number of hydrogen-bond acceptors (Lipinski definition) is 5. The lowest BCUT2D eigenvalue weighted by atomic mass is 10.1. The summed E-state index contributed by atoms with van der Waals surface area (Å²) >= 11 is 1.16. The van der Waals surface area contributed by atoms with Gasteiger partial charge in [0.15, 0.2) is 0 Å². The molecule has 1 fully saturated rings. The monoisotopic (exact) mass is 289 g/mol. The molecule has 1 unspecified atom stereocenters. The lowest BCUT2D eigenvalue weighted by Crippen LogP contribution is -2.42. The second-order valence-electron chi connectivity index (χ2n) is 4.71. The number of morpholine rings is 1. The van der Waals surface area contributed by atoms with Crippen molar-refractivity contribution in [2.45, 2.75) is 13.0 Å². The molecule has 1 saturated heterocycles. The van der Waals surface area contributed by atoms with Crippen LogP contribution in [0, 0.1) is 6.92 Å². The minimum absolute atomic E-state index is 0.00160. The van der Waals surface area contributed by atoms with Crippen LogP contribution in [-0.2, 0) is 4.74 Å². The summed E-state index contributed by atoms with van der Waals surface area (Å²) in [6.45, 7) is 3.54. The van der Waals surface area contributed by atoms with Gasteiger partial charge in [0.1, 0.15) is 11.0 Å². The third kappa shape index (κ3) is 2.57. The molecule has 20 heavy (non-hydrogen) atoms. The fraction of sp³-hybridized carbons (Fsp3) is 0.357. The van der Waals surface area contributed by atoms with Crippen molar-refractivity contribution >= 4 is 17.4 Å². The van der Waals surface area contributed by atoms with Gasteiger partial charge in [0.25, 0.3) is 5.91 Å². The van der Waals surface area contributed by atoms with Crippen LogP contribution >= 0.6 is 11.5 Å². The number of aromatic nitrogens is 2. The molecule has 104 valence electrons. The molecule has 5 nitrogen and oxygen atoms in total. The highest BCUT2D eigenvalue weighted by atomic mass is 32.1. The summed E-state index contributed by atoms with van der Waals surface area (Å²) in [5, 5.41) is 3.90. The Morgan fingerprint density at radius 1 is 1.40 bits per heavy atom. The maximum Gasteiger partial charge on any atom is 0.267 e. The summed E-state index contributed by atoms with van der Waals surface area (Å²) in [5.74, 6) is 0.00160. The maximum atomic E-state index is 12.5. The van der Waals surface area contributed by atoms with Crippen molar-refractivity contribution < 1.29 is 9.53 Å². The molecule has 1 amide bonds. The summed E-state index contributed by atoms with van der Waals surface area (Å²) in [6, 6.07) is 9.99. The van der Waals surface area contributed by atoms with Crippen molar-refractivity contribution in [2.75, 3.05) is 19.7 Å². The molecule has 0 radical (unpaired) electrons. The molecule has 6 heteroatoms. The first-order valence-electron chi connectivity index (χ1n) is 6.50. The van der Waals surface area contributed by atoms with Gasteiger partial charge in [-0.05, 0) is 24.0 Å². The number of carbonyl (C=O) groups is 1. The lowest BCUT2D eigenvalue weighted by molar-refractivity contribution is -0.0226. The Hall–Kier alpha value is -1.79. The molecule has 0 spiro atoms. The molecule has 1 aliphatic heterocycles. The van der Waals surface area contributed by atoms with Crippen LogP contribution in [-0.4, -0.2) is 40.1 Å². The summed E-state index contributed by atoms with van der Waals surface area (Å²) in [5.41, 5.74) is 1.80. The summed E-state index contributed by atoms with van der Waals surface area (Å²) in [6.07, 6.45) is -0.0601. The first-order valence-corrected chi connectivity index (χ1v) is 7.28. The van der Waals surface area contributed by atoms with Crippen LogP contribution in [0.3, 0.4) is 0 Å². The van der Waals surface area contributed by atoms with E-state index >= 15 is 0 Å². The number of benzene rings is 1. The number of rotatable bonds is 2. The van der Waals surface area contributed by atoms with Crippen molar-refractivity contribution in [3.63, 3.8) is 0 Å². The van der Waals surface area contributed by atoms with Gasteiger partial charge in [-0.2, -0.15) is 0 Å². The Balaban J connectivity index is 1.76. The van der Waals surface area contributed by atoms with Gasteiger partial charge in [0.2, 0.25) is 0 Å². The number of carbonyl (C=O) groups excluding carboxylic acids is 1. The third-order valence-corrected chi connectivity index (χ3v) is 4.19. The molecule has 3 rings (SSSR count). The zero-order valence-corrected chi connectivity index (χ0v) is 12.0. The Kier molecular flexibility index (Phi) is 3.75. The zero-order valence-electron chi connectivity index (χ0n) is 11.2.